The second-order valence-electron chi connectivity index (χ2n) is 4.71. The number of benzene rings is 1. The second-order valence-corrected chi connectivity index (χ2v) is 5.57. The molecular formula is C14H18BrNO2. The third kappa shape index (κ3) is 3.33. The van der Waals surface area contributed by atoms with Crippen molar-refractivity contribution in [3.05, 3.63) is 34.3 Å². The molecule has 1 N–H and O–H groups in total. The number of carboxylic acid groups (broad SMARTS) is 1. The van der Waals surface area contributed by atoms with E-state index in [0.29, 0.717) is 6.04 Å². The van der Waals surface area contributed by atoms with Gasteiger partial charge in [-0.25, -0.2) is 0 Å². The van der Waals surface area contributed by atoms with Crippen molar-refractivity contribution in [2.45, 2.75) is 31.7 Å². The summed E-state index contributed by atoms with van der Waals surface area (Å²) >= 11 is 3.60. The number of likely N-dealkylation sites (tertiary alicyclic amines) is 1. The van der Waals surface area contributed by atoms with Gasteiger partial charge in [-0.3, -0.25) is 9.69 Å². The fourth-order valence-electron chi connectivity index (χ4n) is 2.62. The predicted molar refractivity (Wildman–Crippen MR) is 74.6 cm³/mol. The van der Waals surface area contributed by atoms with Crippen LogP contribution in [0.2, 0.25) is 0 Å². The Balaban J connectivity index is 1.99. The largest absolute Gasteiger partial charge is 0.481 e. The molecule has 98 valence electrons. The van der Waals surface area contributed by atoms with E-state index < -0.39 is 5.97 Å². The molecule has 0 bridgehead atoms. The number of hydrogen-bond acceptors (Lipinski definition) is 2. The van der Waals surface area contributed by atoms with Gasteiger partial charge in [0.2, 0.25) is 0 Å². The number of rotatable bonds is 5. The van der Waals surface area contributed by atoms with Gasteiger partial charge in [-0.15, -0.1) is 0 Å². The van der Waals surface area contributed by atoms with Gasteiger partial charge in [-0.1, -0.05) is 34.1 Å². The minimum Gasteiger partial charge on any atom is -0.481 e. The summed E-state index contributed by atoms with van der Waals surface area (Å²) in [6, 6.07) is 8.76. The number of carbonyl (C=O) groups is 1. The number of halogens is 1. The lowest BCUT2D eigenvalue weighted by Crippen LogP contribution is -2.25. The highest BCUT2D eigenvalue weighted by atomic mass is 79.9. The summed E-state index contributed by atoms with van der Waals surface area (Å²) in [5.41, 5.74) is 1.32. The Bertz CT molecular complexity index is 422. The van der Waals surface area contributed by atoms with Crippen molar-refractivity contribution in [1.82, 2.24) is 4.90 Å². The smallest absolute Gasteiger partial charge is 0.303 e. The first-order valence-electron chi connectivity index (χ1n) is 6.39. The summed E-state index contributed by atoms with van der Waals surface area (Å²) < 4.78 is 1.15. The maximum absolute atomic E-state index is 10.6. The Morgan fingerprint density at radius 1 is 1.44 bits per heavy atom. The van der Waals surface area contributed by atoms with Crippen LogP contribution < -0.4 is 0 Å². The molecule has 1 heterocycles. The fraction of sp³-hybridized carbons (Fsp3) is 0.500. The number of hydrogen-bond donors (Lipinski definition) is 1. The Morgan fingerprint density at radius 2 is 2.22 bits per heavy atom. The van der Waals surface area contributed by atoms with Crippen molar-refractivity contribution in [2.75, 3.05) is 13.1 Å². The van der Waals surface area contributed by atoms with Crippen LogP contribution in [0.15, 0.2) is 28.7 Å². The zero-order valence-electron chi connectivity index (χ0n) is 10.3. The summed E-state index contributed by atoms with van der Waals surface area (Å²) in [6.07, 6.45) is 3.35. The highest BCUT2D eigenvalue weighted by Crippen LogP contribution is 2.35. The highest BCUT2D eigenvalue weighted by molar-refractivity contribution is 9.10. The zero-order chi connectivity index (χ0) is 13.0. The van der Waals surface area contributed by atoms with E-state index in [4.69, 9.17) is 5.11 Å². The summed E-state index contributed by atoms with van der Waals surface area (Å²) in [5.74, 6) is -0.702. The van der Waals surface area contributed by atoms with E-state index in [0.717, 1.165) is 30.4 Å². The van der Waals surface area contributed by atoms with Gasteiger partial charge in [0.15, 0.2) is 0 Å². The fourth-order valence-corrected chi connectivity index (χ4v) is 3.17. The van der Waals surface area contributed by atoms with E-state index in [-0.39, 0.29) is 6.42 Å². The molecule has 1 saturated heterocycles. The average Bonchev–Trinajstić information content (AvgIpc) is 2.77. The van der Waals surface area contributed by atoms with Gasteiger partial charge in [-0.2, -0.15) is 0 Å². The molecule has 0 saturated carbocycles. The molecule has 2 rings (SSSR count). The van der Waals surface area contributed by atoms with Crippen LogP contribution in [0.5, 0.6) is 0 Å². The molecule has 0 aromatic heterocycles. The third-order valence-corrected chi connectivity index (χ3v) is 4.19. The Kier molecular flexibility index (Phi) is 4.78. The molecule has 1 unspecified atom stereocenters. The van der Waals surface area contributed by atoms with Gasteiger partial charge in [0, 0.05) is 16.9 Å². The van der Waals surface area contributed by atoms with Gasteiger partial charge >= 0.3 is 5.97 Å². The number of nitrogens with zero attached hydrogens (tertiary/aromatic N) is 1. The SMILES string of the molecule is O=C(O)CCCN1CCCC1c1ccccc1Br. The molecular weight excluding hydrogens is 294 g/mol. The van der Waals surface area contributed by atoms with Crippen molar-refractivity contribution in [1.29, 1.82) is 0 Å². The first-order chi connectivity index (χ1) is 8.68. The molecule has 18 heavy (non-hydrogen) atoms. The van der Waals surface area contributed by atoms with Gasteiger partial charge in [0.05, 0.1) is 0 Å². The lowest BCUT2D eigenvalue weighted by atomic mass is 10.0. The van der Waals surface area contributed by atoms with E-state index in [1.54, 1.807) is 0 Å². The number of aliphatic carboxylic acids is 1. The van der Waals surface area contributed by atoms with E-state index in [2.05, 4.69) is 39.0 Å². The second kappa shape index (κ2) is 6.34. The zero-order valence-corrected chi connectivity index (χ0v) is 11.9. The molecule has 0 aliphatic carbocycles. The van der Waals surface area contributed by atoms with Crippen LogP contribution in [0.1, 0.15) is 37.3 Å². The standard InChI is InChI=1S/C14H18BrNO2/c15-12-6-2-1-5-11(12)13-7-3-9-16(13)10-4-8-14(17)18/h1-2,5-6,13H,3-4,7-10H2,(H,17,18). The molecule has 1 aromatic rings. The van der Waals surface area contributed by atoms with Crippen LogP contribution in [0.4, 0.5) is 0 Å². The van der Waals surface area contributed by atoms with Crippen molar-refractivity contribution >= 4 is 21.9 Å². The molecule has 1 atom stereocenters. The number of carboxylic acids is 1. The van der Waals surface area contributed by atoms with Crippen LogP contribution in [0.25, 0.3) is 0 Å². The maximum atomic E-state index is 10.6. The van der Waals surface area contributed by atoms with Crippen molar-refractivity contribution < 1.29 is 9.90 Å². The molecule has 0 amide bonds. The Labute approximate surface area is 116 Å². The van der Waals surface area contributed by atoms with Gasteiger partial charge in [0.1, 0.15) is 0 Å². The molecule has 1 aliphatic rings. The van der Waals surface area contributed by atoms with Crippen LogP contribution in [0.3, 0.4) is 0 Å². The molecule has 1 aliphatic heterocycles. The monoisotopic (exact) mass is 311 g/mol. The average molecular weight is 312 g/mol. The van der Waals surface area contributed by atoms with Crippen LogP contribution in [-0.2, 0) is 4.79 Å². The van der Waals surface area contributed by atoms with E-state index in [1.807, 2.05) is 6.07 Å². The quantitative estimate of drug-likeness (QED) is 0.905. The summed E-state index contributed by atoms with van der Waals surface area (Å²) in [4.78, 5) is 13.0. The molecule has 4 heteroatoms. The Hall–Kier alpha value is -0.870. The summed E-state index contributed by atoms with van der Waals surface area (Å²) in [7, 11) is 0. The predicted octanol–water partition coefficient (Wildman–Crippen LogP) is 3.45. The highest BCUT2D eigenvalue weighted by Gasteiger charge is 2.26. The molecule has 0 radical (unpaired) electrons. The molecule has 1 fully saturated rings. The van der Waals surface area contributed by atoms with Crippen LogP contribution >= 0.6 is 15.9 Å². The maximum Gasteiger partial charge on any atom is 0.303 e. The Morgan fingerprint density at radius 3 is 2.94 bits per heavy atom. The molecule has 1 aromatic carbocycles. The molecule has 3 nitrogen and oxygen atoms in total. The van der Waals surface area contributed by atoms with Gasteiger partial charge in [0.25, 0.3) is 0 Å². The van der Waals surface area contributed by atoms with E-state index in [1.165, 1.54) is 12.0 Å². The lowest BCUT2D eigenvalue weighted by molar-refractivity contribution is -0.137. The topological polar surface area (TPSA) is 40.5 Å². The summed E-state index contributed by atoms with van der Waals surface area (Å²) in [6.45, 7) is 1.95. The first-order valence-corrected chi connectivity index (χ1v) is 7.18. The minimum atomic E-state index is -0.702. The van der Waals surface area contributed by atoms with Gasteiger partial charge < -0.3 is 5.11 Å². The van der Waals surface area contributed by atoms with E-state index in [9.17, 15) is 4.79 Å². The van der Waals surface area contributed by atoms with Crippen molar-refractivity contribution in [2.24, 2.45) is 0 Å². The normalized spacial score (nSPS) is 20.2. The van der Waals surface area contributed by atoms with Crippen molar-refractivity contribution in [3.63, 3.8) is 0 Å². The lowest BCUT2D eigenvalue weighted by Gasteiger charge is -2.25. The first kappa shape index (κ1) is 13.6. The third-order valence-electron chi connectivity index (χ3n) is 3.46. The minimum absolute atomic E-state index is 0.263. The van der Waals surface area contributed by atoms with Crippen LogP contribution in [-0.4, -0.2) is 29.1 Å². The molecule has 0 spiro atoms. The van der Waals surface area contributed by atoms with Gasteiger partial charge in [-0.05, 0) is 44.0 Å². The van der Waals surface area contributed by atoms with Crippen molar-refractivity contribution in [3.8, 4) is 0 Å². The summed E-state index contributed by atoms with van der Waals surface area (Å²) in [5, 5.41) is 8.69. The van der Waals surface area contributed by atoms with E-state index >= 15 is 0 Å². The van der Waals surface area contributed by atoms with Crippen LogP contribution in [0, 0.1) is 0 Å².